The topological polar surface area (TPSA) is 30.5 Å². The number of hydrogen-bond acceptors (Lipinski definition) is 3. The zero-order chi connectivity index (χ0) is 13.7. The summed E-state index contributed by atoms with van der Waals surface area (Å²) in [5, 5.41) is 3.42. The lowest BCUT2D eigenvalue weighted by molar-refractivity contribution is 0.391. The zero-order valence-corrected chi connectivity index (χ0v) is 11.6. The Bertz CT molecular complexity index is 552. The second-order valence-electron chi connectivity index (χ2n) is 4.35. The third-order valence-electron chi connectivity index (χ3n) is 3.11. The summed E-state index contributed by atoms with van der Waals surface area (Å²) in [6.45, 7) is 2.81. The van der Waals surface area contributed by atoms with Crippen LogP contribution < -0.4 is 14.8 Å². The van der Waals surface area contributed by atoms with Crippen LogP contribution in [-0.4, -0.2) is 14.2 Å². The van der Waals surface area contributed by atoms with Crippen LogP contribution in [0.2, 0.25) is 0 Å². The SMILES string of the molecule is COc1ccc(CNc2ccccc2C)c(OC)c1. The predicted octanol–water partition coefficient (Wildman–Crippen LogP) is 3.62. The summed E-state index contributed by atoms with van der Waals surface area (Å²) in [4.78, 5) is 0. The van der Waals surface area contributed by atoms with Crippen molar-refractivity contribution in [2.24, 2.45) is 0 Å². The highest BCUT2D eigenvalue weighted by molar-refractivity contribution is 5.51. The lowest BCUT2D eigenvalue weighted by atomic mass is 10.1. The lowest BCUT2D eigenvalue weighted by Crippen LogP contribution is -2.03. The molecule has 0 aromatic heterocycles. The Balaban J connectivity index is 2.13. The molecule has 0 aliphatic rings. The number of nitrogens with one attached hydrogen (secondary N) is 1. The number of hydrogen-bond donors (Lipinski definition) is 1. The third kappa shape index (κ3) is 3.19. The van der Waals surface area contributed by atoms with Crippen LogP contribution in [0.3, 0.4) is 0 Å². The molecule has 3 heteroatoms. The second-order valence-corrected chi connectivity index (χ2v) is 4.35. The van der Waals surface area contributed by atoms with Crippen LogP contribution >= 0.6 is 0 Å². The minimum atomic E-state index is 0.720. The molecule has 0 heterocycles. The molecule has 0 bridgehead atoms. The number of ether oxygens (including phenoxy) is 2. The second kappa shape index (κ2) is 6.14. The molecule has 100 valence electrons. The van der Waals surface area contributed by atoms with Gasteiger partial charge in [-0.15, -0.1) is 0 Å². The highest BCUT2D eigenvalue weighted by Crippen LogP contribution is 2.25. The van der Waals surface area contributed by atoms with Crippen LogP contribution in [-0.2, 0) is 6.54 Å². The van der Waals surface area contributed by atoms with E-state index in [0.29, 0.717) is 0 Å². The van der Waals surface area contributed by atoms with Crippen LogP contribution in [0, 0.1) is 6.92 Å². The van der Waals surface area contributed by atoms with E-state index in [0.717, 1.165) is 29.3 Å². The minimum Gasteiger partial charge on any atom is -0.497 e. The summed E-state index contributed by atoms with van der Waals surface area (Å²) >= 11 is 0. The van der Waals surface area contributed by atoms with E-state index >= 15 is 0 Å². The molecular weight excluding hydrogens is 238 g/mol. The van der Waals surface area contributed by atoms with Crippen molar-refractivity contribution in [2.75, 3.05) is 19.5 Å². The molecule has 0 fully saturated rings. The first-order chi connectivity index (χ1) is 9.24. The molecule has 0 aliphatic heterocycles. The molecule has 0 atom stereocenters. The van der Waals surface area contributed by atoms with E-state index in [-0.39, 0.29) is 0 Å². The summed E-state index contributed by atoms with van der Waals surface area (Å²) in [5.41, 5.74) is 3.47. The number of benzene rings is 2. The van der Waals surface area contributed by atoms with Crippen molar-refractivity contribution in [2.45, 2.75) is 13.5 Å². The summed E-state index contributed by atoms with van der Waals surface area (Å²) in [5.74, 6) is 1.64. The normalized spacial score (nSPS) is 10.1. The predicted molar refractivity (Wildman–Crippen MR) is 78.1 cm³/mol. The summed E-state index contributed by atoms with van der Waals surface area (Å²) < 4.78 is 10.6. The molecule has 19 heavy (non-hydrogen) atoms. The average Bonchev–Trinajstić information content (AvgIpc) is 2.46. The minimum absolute atomic E-state index is 0.720. The largest absolute Gasteiger partial charge is 0.497 e. The maximum Gasteiger partial charge on any atom is 0.127 e. The Morgan fingerprint density at radius 1 is 1.00 bits per heavy atom. The van der Waals surface area contributed by atoms with Crippen molar-refractivity contribution in [1.29, 1.82) is 0 Å². The van der Waals surface area contributed by atoms with Crippen LogP contribution in [0.1, 0.15) is 11.1 Å². The highest BCUT2D eigenvalue weighted by Gasteiger charge is 2.05. The smallest absolute Gasteiger partial charge is 0.127 e. The van der Waals surface area contributed by atoms with Crippen molar-refractivity contribution < 1.29 is 9.47 Å². The van der Waals surface area contributed by atoms with Gasteiger partial charge in [0, 0.05) is 23.9 Å². The first-order valence-electron chi connectivity index (χ1n) is 6.25. The van der Waals surface area contributed by atoms with E-state index in [1.54, 1.807) is 14.2 Å². The van der Waals surface area contributed by atoms with Gasteiger partial charge in [-0.2, -0.15) is 0 Å². The average molecular weight is 257 g/mol. The fraction of sp³-hybridized carbons (Fsp3) is 0.250. The molecule has 0 saturated carbocycles. The van der Waals surface area contributed by atoms with E-state index in [1.165, 1.54) is 5.56 Å². The van der Waals surface area contributed by atoms with E-state index in [4.69, 9.17) is 9.47 Å². The lowest BCUT2D eigenvalue weighted by Gasteiger charge is -2.13. The first kappa shape index (κ1) is 13.3. The van der Waals surface area contributed by atoms with Crippen LogP contribution in [0.5, 0.6) is 11.5 Å². The number of methoxy groups -OCH3 is 2. The fourth-order valence-corrected chi connectivity index (χ4v) is 1.96. The molecule has 0 aliphatic carbocycles. The Morgan fingerprint density at radius 3 is 2.47 bits per heavy atom. The number of para-hydroxylation sites is 1. The van der Waals surface area contributed by atoms with Gasteiger partial charge < -0.3 is 14.8 Å². The van der Waals surface area contributed by atoms with Gasteiger partial charge in [-0.1, -0.05) is 18.2 Å². The molecular formula is C16H19NO2. The molecule has 2 rings (SSSR count). The van der Waals surface area contributed by atoms with Gasteiger partial charge in [0.25, 0.3) is 0 Å². The van der Waals surface area contributed by atoms with Gasteiger partial charge in [0.1, 0.15) is 11.5 Å². The van der Waals surface area contributed by atoms with E-state index in [9.17, 15) is 0 Å². The molecule has 0 saturated heterocycles. The highest BCUT2D eigenvalue weighted by atomic mass is 16.5. The Labute approximate surface area is 114 Å². The zero-order valence-electron chi connectivity index (χ0n) is 11.6. The summed E-state index contributed by atoms with van der Waals surface area (Å²) in [7, 11) is 3.33. The quantitative estimate of drug-likeness (QED) is 0.887. The van der Waals surface area contributed by atoms with E-state index in [2.05, 4.69) is 24.4 Å². The number of rotatable bonds is 5. The monoisotopic (exact) mass is 257 g/mol. The van der Waals surface area contributed by atoms with Gasteiger partial charge in [-0.05, 0) is 30.7 Å². The molecule has 1 N–H and O–H groups in total. The molecule has 0 radical (unpaired) electrons. The number of anilines is 1. The Morgan fingerprint density at radius 2 is 1.79 bits per heavy atom. The third-order valence-corrected chi connectivity index (χ3v) is 3.11. The van der Waals surface area contributed by atoms with Crippen molar-refractivity contribution in [3.63, 3.8) is 0 Å². The maximum atomic E-state index is 5.39. The van der Waals surface area contributed by atoms with Gasteiger partial charge in [-0.3, -0.25) is 0 Å². The standard InChI is InChI=1S/C16H19NO2/c1-12-6-4-5-7-15(12)17-11-13-8-9-14(18-2)10-16(13)19-3/h4-10,17H,11H2,1-3H3. The molecule has 2 aromatic carbocycles. The summed E-state index contributed by atoms with van der Waals surface area (Å²) in [6.07, 6.45) is 0. The fourth-order valence-electron chi connectivity index (χ4n) is 1.96. The van der Waals surface area contributed by atoms with Gasteiger partial charge in [-0.25, -0.2) is 0 Å². The molecule has 0 amide bonds. The van der Waals surface area contributed by atoms with Gasteiger partial charge in [0.2, 0.25) is 0 Å². The van der Waals surface area contributed by atoms with E-state index < -0.39 is 0 Å². The molecule has 2 aromatic rings. The molecule has 0 spiro atoms. The Kier molecular flexibility index (Phi) is 4.29. The number of aryl methyl sites for hydroxylation is 1. The van der Waals surface area contributed by atoms with Gasteiger partial charge in [0.15, 0.2) is 0 Å². The van der Waals surface area contributed by atoms with Crippen molar-refractivity contribution in [3.8, 4) is 11.5 Å². The van der Waals surface area contributed by atoms with Crippen LogP contribution in [0.25, 0.3) is 0 Å². The van der Waals surface area contributed by atoms with Gasteiger partial charge >= 0.3 is 0 Å². The van der Waals surface area contributed by atoms with Crippen LogP contribution in [0.4, 0.5) is 5.69 Å². The molecule has 0 unspecified atom stereocenters. The maximum absolute atomic E-state index is 5.39. The van der Waals surface area contributed by atoms with Crippen molar-refractivity contribution in [1.82, 2.24) is 0 Å². The van der Waals surface area contributed by atoms with E-state index in [1.807, 2.05) is 30.3 Å². The van der Waals surface area contributed by atoms with Crippen molar-refractivity contribution in [3.05, 3.63) is 53.6 Å². The van der Waals surface area contributed by atoms with Crippen molar-refractivity contribution >= 4 is 5.69 Å². The molecule has 3 nitrogen and oxygen atoms in total. The van der Waals surface area contributed by atoms with Gasteiger partial charge in [0.05, 0.1) is 14.2 Å². The summed E-state index contributed by atoms with van der Waals surface area (Å²) in [6, 6.07) is 14.1. The van der Waals surface area contributed by atoms with Crippen LogP contribution in [0.15, 0.2) is 42.5 Å². The Hall–Kier alpha value is -2.16. The first-order valence-corrected chi connectivity index (χ1v) is 6.25.